The fraction of sp³-hybridized carbons (Fsp3) is 0.500. The molecule has 2 aliphatic carbocycles. The standard InChI is InChI=1S/C16H18FN5O2/c1-16(2,8-17)19-15(23)13-11-6-9-5-10(9)14(11)22(20-13)12-7-21(24)4-3-18-12/h3-4,7,9-10H,5-6,8H2,1-2H3,(H,19,23)/t9-,10-/m0/s1. The van der Waals surface area contributed by atoms with E-state index in [1.54, 1.807) is 18.5 Å². The van der Waals surface area contributed by atoms with Crippen molar-refractivity contribution in [3.63, 3.8) is 0 Å². The Morgan fingerprint density at radius 3 is 3.08 bits per heavy atom. The average molecular weight is 331 g/mol. The van der Waals surface area contributed by atoms with Crippen molar-refractivity contribution >= 4 is 5.91 Å². The van der Waals surface area contributed by atoms with Crippen LogP contribution >= 0.6 is 0 Å². The number of carbonyl (C=O) groups excluding carboxylic acids is 1. The zero-order chi connectivity index (χ0) is 17.1. The quantitative estimate of drug-likeness (QED) is 0.670. The lowest BCUT2D eigenvalue weighted by molar-refractivity contribution is -0.605. The van der Waals surface area contributed by atoms with E-state index in [9.17, 15) is 14.4 Å². The van der Waals surface area contributed by atoms with Gasteiger partial charge in [0.15, 0.2) is 11.9 Å². The summed E-state index contributed by atoms with van der Waals surface area (Å²) in [5.41, 5.74) is 1.22. The number of amides is 1. The zero-order valence-electron chi connectivity index (χ0n) is 13.5. The molecule has 1 saturated carbocycles. The van der Waals surface area contributed by atoms with E-state index in [0.29, 0.717) is 28.1 Å². The summed E-state index contributed by atoms with van der Waals surface area (Å²) in [7, 11) is 0. The lowest BCUT2D eigenvalue weighted by atomic mass is 10.1. The summed E-state index contributed by atoms with van der Waals surface area (Å²) in [5, 5.41) is 18.6. The van der Waals surface area contributed by atoms with E-state index in [1.165, 1.54) is 18.6 Å². The van der Waals surface area contributed by atoms with Crippen LogP contribution in [0.1, 0.15) is 47.9 Å². The highest BCUT2D eigenvalue weighted by Crippen LogP contribution is 2.57. The third-order valence-corrected chi connectivity index (χ3v) is 4.64. The van der Waals surface area contributed by atoms with Crippen molar-refractivity contribution in [2.45, 2.75) is 38.1 Å². The molecule has 2 aromatic heterocycles. The lowest BCUT2D eigenvalue weighted by Crippen LogP contribution is -2.45. The maximum Gasteiger partial charge on any atom is 0.272 e. The van der Waals surface area contributed by atoms with Crippen LogP contribution in [0.15, 0.2) is 18.6 Å². The Kier molecular flexibility index (Phi) is 3.13. The van der Waals surface area contributed by atoms with Crippen molar-refractivity contribution in [1.82, 2.24) is 20.1 Å². The number of hydrogen-bond acceptors (Lipinski definition) is 4. The fourth-order valence-corrected chi connectivity index (χ4v) is 3.35. The van der Waals surface area contributed by atoms with Crippen molar-refractivity contribution in [1.29, 1.82) is 0 Å². The first-order valence-corrected chi connectivity index (χ1v) is 7.95. The van der Waals surface area contributed by atoms with E-state index in [2.05, 4.69) is 15.4 Å². The second-order valence-corrected chi connectivity index (χ2v) is 7.18. The van der Waals surface area contributed by atoms with Gasteiger partial charge < -0.3 is 10.5 Å². The highest BCUT2D eigenvalue weighted by atomic mass is 19.1. The number of aromatic nitrogens is 4. The molecule has 0 aliphatic heterocycles. The molecule has 7 nitrogen and oxygen atoms in total. The van der Waals surface area contributed by atoms with E-state index in [1.807, 2.05) is 0 Å². The van der Waals surface area contributed by atoms with Crippen LogP contribution < -0.4 is 10.0 Å². The van der Waals surface area contributed by atoms with Crippen LogP contribution in [0, 0.1) is 11.1 Å². The first-order valence-electron chi connectivity index (χ1n) is 7.95. The molecule has 126 valence electrons. The Morgan fingerprint density at radius 1 is 1.58 bits per heavy atom. The van der Waals surface area contributed by atoms with Crippen LogP contribution in [0.5, 0.6) is 0 Å². The van der Waals surface area contributed by atoms with Gasteiger partial charge in [0, 0.05) is 11.5 Å². The van der Waals surface area contributed by atoms with Gasteiger partial charge in [-0.25, -0.2) is 14.1 Å². The molecule has 0 bridgehead atoms. The van der Waals surface area contributed by atoms with Crippen LogP contribution in [-0.4, -0.2) is 32.9 Å². The smallest absolute Gasteiger partial charge is 0.272 e. The molecule has 0 aromatic carbocycles. The first-order chi connectivity index (χ1) is 11.4. The van der Waals surface area contributed by atoms with Gasteiger partial charge in [0.05, 0.1) is 17.4 Å². The number of hydrogen-bond donors (Lipinski definition) is 1. The summed E-state index contributed by atoms with van der Waals surface area (Å²) in [4.78, 5) is 16.8. The minimum Gasteiger partial charge on any atom is -0.619 e. The molecule has 2 atom stereocenters. The van der Waals surface area contributed by atoms with Gasteiger partial charge in [0.1, 0.15) is 6.67 Å². The number of alkyl halides is 1. The minimum atomic E-state index is -0.946. The molecule has 0 saturated heterocycles. The SMILES string of the molecule is CC(C)(CF)NC(=O)c1nn(-c2c[n+]([O-])ccn2)c2c1C[C@@H]1C[C@H]21. The van der Waals surface area contributed by atoms with Gasteiger partial charge >= 0.3 is 0 Å². The molecule has 2 heterocycles. The van der Waals surface area contributed by atoms with E-state index in [-0.39, 0.29) is 5.91 Å². The molecule has 1 fully saturated rings. The van der Waals surface area contributed by atoms with Gasteiger partial charge in [-0.2, -0.15) is 9.83 Å². The van der Waals surface area contributed by atoms with Gasteiger partial charge in [0.25, 0.3) is 5.91 Å². The largest absolute Gasteiger partial charge is 0.619 e. The van der Waals surface area contributed by atoms with Crippen LogP contribution in [0.4, 0.5) is 4.39 Å². The van der Waals surface area contributed by atoms with Crippen molar-refractivity contribution in [2.24, 2.45) is 5.92 Å². The molecule has 1 N–H and O–H groups in total. The molecule has 8 heteroatoms. The molecular weight excluding hydrogens is 313 g/mol. The Bertz CT molecular complexity index is 832. The third kappa shape index (κ3) is 2.33. The van der Waals surface area contributed by atoms with Gasteiger partial charge in [-0.3, -0.25) is 4.79 Å². The summed E-state index contributed by atoms with van der Waals surface area (Å²) in [6.07, 6.45) is 5.89. The number of halogens is 1. The highest BCUT2D eigenvalue weighted by molar-refractivity contribution is 5.95. The molecule has 0 spiro atoms. The van der Waals surface area contributed by atoms with Crippen molar-refractivity contribution in [3.05, 3.63) is 40.7 Å². The van der Waals surface area contributed by atoms with Crippen molar-refractivity contribution in [3.8, 4) is 5.82 Å². The predicted molar refractivity (Wildman–Crippen MR) is 82.4 cm³/mol. The van der Waals surface area contributed by atoms with Crippen LogP contribution in [0.25, 0.3) is 5.82 Å². The Balaban J connectivity index is 1.76. The maximum atomic E-state index is 13.0. The van der Waals surface area contributed by atoms with Gasteiger partial charge in [-0.15, -0.1) is 0 Å². The zero-order valence-corrected chi connectivity index (χ0v) is 13.5. The third-order valence-electron chi connectivity index (χ3n) is 4.64. The van der Waals surface area contributed by atoms with Gasteiger partial charge in [-0.1, -0.05) is 0 Å². The van der Waals surface area contributed by atoms with E-state index < -0.39 is 12.2 Å². The monoisotopic (exact) mass is 331 g/mol. The number of carbonyl (C=O) groups is 1. The molecule has 0 radical (unpaired) electrons. The molecule has 0 unspecified atom stereocenters. The van der Waals surface area contributed by atoms with Gasteiger partial charge in [0.2, 0.25) is 12.0 Å². The molecular formula is C16H18FN5O2. The number of fused-ring (bicyclic) bond motifs is 3. The number of nitrogens with one attached hydrogen (secondary N) is 1. The lowest BCUT2D eigenvalue weighted by Gasteiger charge is -2.21. The Morgan fingerprint density at radius 2 is 2.38 bits per heavy atom. The van der Waals surface area contributed by atoms with E-state index in [0.717, 1.165) is 24.1 Å². The Hall–Kier alpha value is -2.51. The van der Waals surface area contributed by atoms with E-state index >= 15 is 0 Å². The van der Waals surface area contributed by atoms with Gasteiger partial charge in [-0.05, 0) is 32.6 Å². The second-order valence-electron chi connectivity index (χ2n) is 7.18. The summed E-state index contributed by atoms with van der Waals surface area (Å²) >= 11 is 0. The minimum absolute atomic E-state index is 0.307. The number of rotatable bonds is 4. The molecule has 2 aromatic rings. The summed E-state index contributed by atoms with van der Waals surface area (Å²) in [5.74, 6) is 0.901. The molecule has 4 rings (SSSR count). The topological polar surface area (TPSA) is 86.8 Å². The normalized spacial score (nSPS) is 21.3. The molecule has 24 heavy (non-hydrogen) atoms. The predicted octanol–water partition coefficient (Wildman–Crippen LogP) is 1.04. The molecule has 1 amide bonds. The van der Waals surface area contributed by atoms with E-state index in [4.69, 9.17) is 0 Å². The Labute approximate surface area is 138 Å². The summed E-state index contributed by atoms with van der Waals surface area (Å²) in [6, 6.07) is 0. The van der Waals surface area contributed by atoms with Crippen LogP contribution in [-0.2, 0) is 6.42 Å². The maximum absolute atomic E-state index is 13.0. The number of nitrogens with zero attached hydrogens (tertiary/aromatic N) is 4. The van der Waals surface area contributed by atoms with Crippen molar-refractivity contribution < 1.29 is 13.9 Å². The second kappa shape index (κ2) is 4.99. The van der Waals surface area contributed by atoms with Crippen LogP contribution in [0.2, 0.25) is 0 Å². The molecule has 2 aliphatic rings. The average Bonchev–Trinajstić information content (AvgIpc) is 3.03. The summed E-state index contributed by atoms with van der Waals surface area (Å²) < 4.78 is 15.3. The van der Waals surface area contributed by atoms with Crippen molar-refractivity contribution in [2.75, 3.05) is 6.67 Å². The summed E-state index contributed by atoms with van der Waals surface area (Å²) in [6.45, 7) is 2.58. The van der Waals surface area contributed by atoms with Crippen LogP contribution in [0.3, 0.4) is 0 Å². The first kappa shape index (κ1) is 15.0. The fourth-order valence-electron chi connectivity index (χ4n) is 3.35. The highest BCUT2D eigenvalue weighted by Gasteiger charge is 2.50.